The highest BCUT2D eigenvalue weighted by atomic mass is 79.9. The van der Waals surface area contributed by atoms with Gasteiger partial charge in [0.15, 0.2) is 0 Å². The number of aromatic nitrogens is 2. The summed E-state index contributed by atoms with van der Waals surface area (Å²) in [5, 5.41) is 15.5. The Hall–Kier alpha value is -2.15. The van der Waals surface area contributed by atoms with Gasteiger partial charge in [-0.1, -0.05) is 22.0 Å². The van der Waals surface area contributed by atoms with Crippen molar-refractivity contribution in [2.45, 2.75) is 13.5 Å². The summed E-state index contributed by atoms with van der Waals surface area (Å²) >= 11 is 3.32. The first kappa shape index (κ1) is 14.3. The topological polar surface area (TPSA) is 84.2 Å². The van der Waals surface area contributed by atoms with Crippen LogP contribution in [0.25, 0.3) is 0 Å². The van der Waals surface area contributed by atoms with E-state index in [1.54, 1.807) is 25.1 Å². The van der Waals surface area contributed by atoms with Gasteiger partial charge < -0.3 is 10.4 Å². The van der Waals surface area contributed by atoms with Gasteiger partial charge in [-0.3, -0.25) is 9.48 Å². The lowest BCUT2D eigenvalue weighted by Gasteiger charge is -2.07. The van der Waals surface area contributed by atoms with Crippen LogP contribution in [0.2, 0.25) is 0 Å². The average molecular weight is 338 g/mol. The fraction of sp³-hybridized carbons (Fsp3) is 0.154. The molecule has 0 radical (unpaired) electrons. The highest BCUT2D eigenvalue weighted by Gasteiger charge is 2.14. The van der Waals surface area contributed by atoms with E-state index in [1.807, 2.05) is 6.07 Å². The molecule has 0 bridgehead atoms. The van der Waals surface area contributed by atoms with Crippen LogP contribution in [-0.4, -0.2) is 26.8 Å². The second-order valence-electron chi connectivity index (χ2n) is 4.16. The first-order chi connectivity index (χ1) is 9.47. The van der Waals surface area contributed by atoms with Crippen molar-refractivity contribution in [2.75, 3.05) is 5.32 Å². The summed E-state index contributed by atoms with van der Waals surface area (Å²) in [6, 6.07) is 7.20. The van der Waals surface area contributed by atoms with Gasteiger partial charge in [-0.2, -0.15) is 5.10 Å². The maximum atomic E-state index is 11.9. The van der Waals surface area contributed by atoms with E-state index in [-0.39, 0.29) is 18.0 Å². The summed E-state index contributed by atoms with van der Waals surface area (Å²) in [4.78, 5) is 22.8. The number of aromatic carboxylic acids is 1. The zero-order chi connectivity index (χ0) is 14.7. The van der Waals surface area contributed by atoms with Gasteiger partial charge >= 0.3 is 5.97 Å². The van der Waals surface area contributed by atoms with Crippen molar-refractivity contribution in [3.05, 3.63) is 46.2 Å². The molecule has 0 atom stereocenters. The van der Waals surface area contributed by atoms with Crippen LogP contribution in [0, 0.1) is 6.92 Å². The zero-order valence-electron chi connectivity index (χ0n) is 10.6. The average Bonchev–Trinajstić information content (AvgIpc) is 2.71. The largest absolute Gasteiger partial charge is 0.478 e. The molecule has 0 aliphatic heterocycles. The minimum absolute atomic E-state index is 0.0361. The first-order valence-corrected chi connectivity index (χ1v) is 6.58. The van der Waals surface area contributed by atoms with Gasteiger partial charge in [-0.15, -0.1) is 0 Å². The van der Waals surface area contributed by atoms with Crippen LogP contribution >= 0.6 is 15.9 Å². The zero-order valence-corrected chi connectivity index (χ0v) is 12.2. The fourth-order valence-corrected chi connectivity index (χ4v) is 2.12. The fourth-order valence-electron chi connectivity index (χ4n) is 1.72. The molecule has 1 aromatic carbocycles. The molecule has 0 spiro atoms. The molecule has 7 heteroatoms. The Morgan fingerprint density at radius 3 is 2.80 bits per heavy atom. The molecule has 2 rings (SSSR count). The quantitative estimate of drug-likeness (QED) is 0.896. The summed E-state index contributed by atoms with van der Waals surface area (Å²) in [6.45, 7) is 1.58. The molecular formula is C13H12BrN3O3. The summed E-state index contributed by atoms with van der Waals surface area (Å²) in [5.41, 5.74) is 1.20. The minimum Gasteiger partial charge on any atom is -0.478 e. The van der Waals surface area contributed by atoms with Crippen molar-refractivity contribution in [2.24, 2.45) is 0 Å². The summed E-state index contributed by atoms with van der Waals surface area (Å²) in [6.07, 6.45) is 1.24. The number of hydrogen-bond acceptors (Lipinski definition) is 3. The molecule has 2 N–H and O–H groups in total. The van der Waals surface area contributed by atoms with Gasteiger partial charge in [0.05, 0.1) is 11.9 Å². The molecule has 0 aliphatic rings. The number of hydrogen-bond donors (Lipinski definition) is 2. The number of benzene rings is 1. The molecule has 104 valence electrons. The van der Waals surface area contributed by atoms with Crippen LogP contribution in [0.15, 0.2) is 34.9 Å². The first-order valence-electron chi connectivity index (χ1n) is 5.78. The van der Waals surface area contributed by atoms with Crippen LogP contribution in [0.5, 0.6) is 0 Å². The maximum Gasteiger partial charge on any atom is 0.339 e. The van der Waals surface area contributed by atoms with Gasteiger partial charge in [-0.25, -0.2) is 4.79 Å². The van der Waals surface area contributed by atoms with Crippen LogP contribution in [-0.2, 0) is 11.3 Å². The summed E-state index contributed by atoms with van der Waals surface area (Å²) in [5.74, 6) is -1.33. The Labute approximate surface area is 123 Å². The van der Waals surface area contributed by atoms with Crippen molar-refractivity contribution >= 4 is 33.5 Å². The highest BCUT2D eigenvalue weighted by Crippen LogP contribution is 2.15. The number of carboxylic acid groups (broad SMARTS) is 1. The van der Waals surface area contributed by atoms with Crippen LogP contribution in [0.3, 0.4) is 0 Å². The Kier molecular flexibility index (Phi) is 4.19. The number of anilines is 1. The monoisotopic (exact) mass is 337 g/mol. The molecule has 1 heterocycles. The van der Waals surface area contributed by atoms with E-state index in [4.69, 9.17) is 5.11 Å². The van der Waals surface area contributed by atoms with Crippen LogP contribution in [0.4, 0.5) is 5.69 Å². The second kappa shape index (κ2) is 5.87. The Balaban J connectivity index is 2.07. The predicted molar refractivity (Wildman–Crippen MR) is 76.7 cm³/mol. The van der Waals surface area contributed by atoms with E-state index in [0.29, 0.717) is 11.4 Å². The third-order valence-corrected chi connectivity index (χ3v) is 3.23. The van der Waals surface area contributed by atoms with Crippen molar-refractivity contribution < 1.29 is 14.7 Å². The number of carbonyl (C=O) groups excluding carboxylic acids is 1. The van der Waals surface area contributed by atoms with E-state index in [9.17, 15) is 9.59 Å². The number of rotatable bonds is 4. The summed E-state index contributed by atoms with van der Waals surface area (Å²) in [7, 11) is 0. The van der Waals surface area contributed by atoms with Crippen molar-refractivity contribution in [3.8, 4) is 0 Å². The van der Waals surface area contributed by atoms with E-state index in [1.165, 1.54) is 10.9 Å². The smallest absolute Gasteiger partial charge is 0.339 e. The van der Waals surface area contributed by atoms with Gasteiger partial charge in [-0.05, 0) is 25.1 Å². The maximum absolute atomic E-state index is 11.9. The van der Waals surface area contributed by atoms with E-state index >= 15 is 0 Å². The normalized spacial score (nSPS) is 10.3. The van der Waals surface area contributed by atoms with Crippen molar-refractivity contribution in [1.82, 2.24) is 9.78 Å². The number of carbonyl (C=O) groups is 2. The van der Waals surface area contributed by atoms with Gasteiger partial charge in [0.25, 0.3) is 0 Å². The molecule has 20 heavy (non-hydrogen) atoms. The number of amides is 1. The van der Waals surface area contributed by atoms with Crippen molar-refractivity contribution in [1.29, 1.82) is 0 Å². The minimum atomic E-state index is -1.05. The SMILES string of the molecule is Cc1c(C(=O)O)cnn1CC(=O)Nc1cccc(Br)c1. The molecule has 2 aromatic rings. The van der Waals surface area contributed by atoms with E-state index < -0.39 is 5.97 Å². The summed E-state index contributed by atoms with van der Waals surface area (Å²) < 4.78 is 2.22. The van der Waals surface area contributed by atoms with Gasteiger partial charge in [0.1, 0.15) is 12.1 Å². The number of carboxylic acids is 1. The molecule has 1 amide bonds. The molecule has 0 saturated carbocycles. The lowest BCUT2D eigenvalue weighted by molar-refractivity contribution is -0.116. The standard InChI is InChI=1S/C13H12BrN3O3/c1-8-11(13(19)20)6-15-17(8)7-12(18)16-10-4-2-3-9(14)5-10/h2-6H,7H2,1H3,(H,16,18)(H,19,20). The third-order valence-electron chi connectivity index (χ3n) is 2.74. The van der Waals surface area contributed by atoms with Crippen molar-refractivity contribution in [3.63, 3.8) is 0 Å². The Bertz CT molecular complexity index is 667. The predicted octanol–water partition coefficient (Wildman–Crippen LogP) is 2.29. The molecule has 1 aromatic heterocycles. The number of nitrogens with zero attached hydrogens (tertiary/aromatic N) is 2. The molecule has 0 unspecified atom stereocenters. The van der Waals surface area contributed by atoms with Crippen LogP contribution < -0.4 is 5.32 Å². The van der Waals surface area contributed by atoms with Crippen LogP contribution in [0.1, 0.15) is 16.1 Å². The Morgan fingerprint density at radius 2 is 2.20 bits per heavy atom. The molecule has 0 fully saturated rings. The molecule has 0 saturated heterocycles. The number of nitrogens with one attached hydrogen (secondary N) is 1. The lowest BCUT2D eigenvalue weighted by atomic mass is 10.3. The molecule has 6 nitrogen and oxygen atoms in total. The molecular weight excluding hydrogens is 326 g/mol. The molecule has 0 aliphatic carbocycles. The highest BCUT2D eigenvalue weighted by molar-refractivity contribution is 9.10. The van der Waals surface area contributed by atoms with Gasteiger partial charge in [0, 0.05) is 10.2 Å². The van der Waals surface area contributed by atoms with E-state index in [0.717, 1.165) is 4.47 Å². The van der Waals surface area contributed by atoms with E-state index in [2.05, 4.69) is 26.3 Å². The second-order valence-corrected chi connectivity index (χ2v) is 5.08. The lowest BCUT2D eigenvalue weighted by Crippen LogP contribution is -2.20. The Morgan fingerprint density at radius 1 is 1.45 bits per heavy atom. The number of halogens is 1. The van der Waals surface area contributed by atoms with Gasteiger partial charge in [0.2, 0.25) is 5.91 Å². The third kappa shape index (κ3) is 3.24.